The molecule has 0 fully saturated rings. The monoisotopic (exact) mass is 286 g/mol. The lowest BCUT2D eigenvalue weighted by atomic mass is 10.0. The summed E-state index contributed by atoms with van der Waals surface area (Å²) in [5.74, 6) is 0.156. The molecule has 0 atom stereocenters. The molecule has 3 heteroatoms. The minimum atomic E-state index is -0.248. The molecule has 0 radical (unpaired) electrons. The second-order valence-corrected chi connectivity index (χ2v) is 5.08. The maximum atomic E-state index is 13.0. The molecule has 88 valence electrons. The molecule has 0 spiro atoms. The van der Waals surface area contributed by atoms with E-state index in [2.05, 4.69) is 15.9 Å². The highest BCUT2D eigenvalue weighted by Crippen LogP contribution is 2.18. The molecule has 1 rings (SSSR count). The van der Waals surface area contributed by atoms with Gasteiger partial charge in [0.2, 0.25) is 0 Å². The van der Waals surface area contributed by atoms with Gasteiger partial charge in [-0.3, -0.25) is 4.79 Å². The third-order valence-corrected chi connectivity index (χ3v) is 3.12. The number of carbonyl (C=O) groups is 1. The number of halogens is 2. The maximum Gasteiger partial charge on any atom is 0.137 e. The Balaban J connectivity index is 2.43. The number of benzene rings is 1. The van der Waals surface area contributed by atoms with Crippen molar-refractivity contribution in [3.63, 3.8) is 0 Å². The summed E-state index contributed by atoms with van der Waals surface area (Å²) >= 11 is 3.15. The predicted octanol–water partition coefficient (Wildman–Crippen LogP) is 4.14. The fourth-order valence-electron chi connectivity index (χ4n) is 1.45. The third kappa shape index (κ3) is 4.05. The van der Waals surface area contributed by atoms with E-state index in [0.717, 1.165) is 18.4 Å². The zero-order valence-corrected chi connectivity index (χ0v) is 11.2. The van der Waals surface area contributed by atoms with E-state index in [0.29, 0.717) is 16.7 Å². The highest BCUT2D eigenvalue weighted by molar-refractivity contribution is 9.10. The summed E-state index contributed by atoms with van der Waals surface area (Å²) in [5, 5.41) is 0. The standard InChI is InChI=1S/C13H16BrFO/c1-9(2)13(16)5-3-4-10-6-7-12(15)11(14)8-10/h6-9H,3-5H2,1-2H3. The summed E-state index contributed by atoms with van der Waals surface area (Å²) in [6, 6.07) is 4.98. The van der Waals surface area contributed by atoms with Gasteiger partial charge in [0.15, 0.2) is 0 Å². The molecule has 0 unspecified atom stereocenters. The Morgan fingerprint density at radius 2 is 2.12 bits per heavy atom. The number of carbonyl (C=O) groups excluding carboxylic acids is 1. The predicted molar refractivity (Wildman–Crippen MR) is 66.9 cm³/mol. The number of hydrogen-bond donors (Lipinski definition) is 0. The lowest BCUT2D eigenvalue weighted by Gasteiger charge is -2.05. The zero-order chi connectivity index (χ0) is 12.1. The summed E-state index contributed by atoms with van der Waals surface area (Å²) in [6.45, 7) is 3.83. The molecule has 16 heavy (non-hydrogen) atoms. The van der Waals surface area contributed by atoms with Gasteiger partial charge in [0.05, 0.1) is 4.47 Å². The van der Waals surface area contributed by atoms with Gasteiger partial charge in [0.25, 0.3) is 0 Å². The van der Waals surface area contributed by atoms with Crippen LogP contribution >= 0.6 is 15.9 Å². The van der Waals surface area contributed by atoms with Crippen molar-refractivity contribution in [2.75, 3.05) is 0 Å². The number of hydrogen-bond acceptors (Lipinski definition) is 1. The van der Waals surface area contributed by atoms with Crippen molar-refractivity contribution >= 4 is 21.7 Å². The van der Waals surface area contributed by atoms with Crippen molar-refractivity contribution in [1.82, 2.24) is 0 Å². The summed E-state index contributed by atoms with van der Waals surface area (Å²) in [7, 11) is 0. The molecule has 1 nitrogen and oxygen atoms in total. The van der Waals surface area contributed by atoms with Gasteiger partial charge >= 0.3 is 0 Å². The Bertz CT molecular complexity index is 374. The Labute approximate surface area is 104 Å². The SMILES string of the molecule is CC(C)C(=O)CCCc1ccc(F)c(Br)c1. The first-order chi connectivity index (χ1) is 7.50. The lowest BCUT2D eigenvalue weighted by Crippen LogP contribution is -2.06. The quantitative estimate of drug-likeness (QED) is 0.795. The van der Waals surface area contributed by atoms with E-state index >= 15 is 0 Å². The first-order valence-corrected chi connectivity index (χ1v) is 6.26. The van der Waals surface area contributed by atoms with Gasteiger partial charge in [-0.15, -0.1) is 0 Å². The first kappa shape index (κ1) is 13.4. The molecule has 0 amide bonds. The summed E-state index contributed by atoms with van der Waals surface area (Å²) in [5.41, 5.74) is 1.06. The second-order valence-electron chi connectivity index (χ2n) is 4.22. The summed E-state index contributed by atoms with van der Waals surface area (Å²) in [4.78, 5) is 11.4. The smallest absolute Gasteiger partial charge is 0.137 e. The van der Waals surface area contributed by atoms with Gasteiger partial charge in [-0.2, -0.15) is 0 Å². The van der Waals surface area contributed by atoms with Gasteiger partial charge in [0, 0.05) is 12.3 Å². The second kappa shape index (κ2) is 6.14. The van der Waals surface area contributed by atoms with Crippen molar-refractivity contribution in [2.24, 2.45) is 5.92 Å². The normalized spacial score (nSPS) is 10.8. The highest BCUT2D eigenvalue weighted by Gasteiger charge is 2.07. The molecule has 0 N–H and O–H groups in total. The topological polar surface area (TPSA) is 17.1 Å². The summed E-state index contributed by atoms with van der Waals surface area (Å²) < 4.78 is 13.4. The van der Waals surface area contributed by atoms with Gasteiger partial charge in [-0.1, -0.05) is 19.9 Å². The molecule has 0 saturated carbocycles. The molecule has 0 saturated heterocycles. The molecular formula is C13H16BrFO. The molecule has 0 bridgehead atoms. The van der Waals surface area contributed by atoms with Crippen LogP contribution in [-0.2, 0) is 11.2 Å². The zero-order valence-electron chi connectivity index (χ0n) is 9.59. The van der Waals surface area contributed by atoms with Crippen LogP contribution in [0.5, 0.6) is 0 Å². The van der Waals surface area contributed by atoms with Crippen LogP contribution < -0.4 is 0 Å². The van der Waals surface area contributed by atoms with Crippen molar-refractivity contribution in [2.45, 2.75) is 33.1 Å². The minimum absolute atomic E-state index is 0.111. The van der Waals surface area contributed by atoms with Crippen LogP contribution in [0, 0.1) is 11.7 Å². The molecule has 0 heterocycles. The average Bonchev–Trinajstić information content (AvgIpc) is 2.23. The number of rotatable bonds is 5. The van der Waals surface area contributed by atoms with Crippen LogP contribution in [0.2, 0.25) is 0 Å². The molecule has 1 aromatic carbocycles. The Kier molecular flexibility index (Phi) is 5.13. The lowest BCUT2D eigenvalue weighted by molar-refractivity contribution is -0.121. The van der Waals surface area contributed by atoms with E-state index in [1.165, 1.54) is 6.07 Å². The fourth-order valence-corrected chi connectivity index (χ4v) is 1.88. The Hall–Kier alpha value is -0.700. The van der Waals surface area contributed by atoms with E-state index in [4.69, 9.17) is 0 Å². The van der Waals surface area contributed by atoms with Crippen molar-refractivity contribution in [1.29, 1.82) is 0 Å². The van der Waals surface area contributed by atoms with Crippen LogP contribution in [0.25, 0.3) is 0 Å². The van der Waals surface area contributed by atoms with E-state index in [1.54, 1.807) is 12.1 Å². The van der Waals surface area contributed by atoms with Crippen LogP contribution in [0.3, 0.4) is 0 Å². The largest absolute Gasteiger partial charge is 0.299 e. The van der Waals surface area contributed by atoms with Crippen LogP contribution in [-0.4, -0.2) is 5.78 Å². The molecule has 1 aromatic rings. The third-order valence-electron chi connectivity index (χ3n) is 2.52. The molecular weight excluding hydrogens is 271 g/mol. The van der Waals surface area contributed by atoms with Crippen molar-refractivity contribution < 1.29 is 9.18 Å². The average molecular weight is 287 g/mol. The molecule has 0 aliphatic rings. The highest BCUT2D eigenvalue weighted by atomic mass is 79.9. The van der Waals surface area contributed by atoms with Crippen LogP contribution in [0.1, 0.15) is 32.3 Å². The Morgan fingerprint density at radius 1 is 1.44 bits per heavy atom. The molecule has 0 aliphatic heterocycles. The van der Waals surface area contributed by atoms with E-state index in [9.17, 15) is 9.18 Å². The van der Waals surface area contributed by atoms with Gasteiger partial charge in [-0.05, 0) is 46.5 Å². The fraction of sp³-hybridized carbons (Fsp3) is 0.462. The number of ketones is 1. The van der Waals surface area contributed by atoms with E-state index in [1.807, 2.05) is 13.8 Å². The van der Waals surface area contributed by atoms with Crippen LogP contribution in [0.4, 0.5) is 4.39 Å². The minimum Gasteiger partial charge on any atom is -0.299 e. The maximum absolute atomic E-state index is 13.0. The number of aryl methyl sites for hydroxylation is 1. The van der Waals surface area contributed by atoms with Gasteiger partial charge in [0.1, 0.15) is 11.6 Å². The molecule has 0 aromatic heterocycles. The Morgan fingerprint density at radius 3 is 2.69 bits per heavy atom. The van der Waals surface area contributed by atoms with Gasteiger partial charge < -0.3 is 0 Å². The van der Waals surface area contributed by atoms with E-state index in [-0.39, 0.29) is 11.7 Å². The van der Waals surface area contributed by atoms with Gasteiger partial charge in [-0.25, -0.2) is 4.39 Å². The molecule has 0 aliphatic carbocycles. The summed E-state index contributed by atoms with van der Waals surface area (Å²) in [6.07, 6.45) is 2.25. The van der Waals surface area contributed by atoms with Crippen molar-refractivity contribution in [3.05, 3.63) is 34.1 Å². The van der Waals surface area contributed by atoms with Crippen molar-refractivity contribution in [3.8, 4) is 0 Å². The first-order valence-electron chi connectivity index (χ1n) is 5.47. The number of Topliss-reactive ketones (excluding diaryl/α,β-unsaturated/α-hetero) is 1. The van der Waals surface area contributed by atoms with E-state index < -0.39 is 0 Å². The van der Waals surface area contributed by atoms with Crippen LogP contribution in [0.15, 0.2) is 22.7 Å².